The Labute approximate surface area is 222 Å². The molecule has 9 heteroatoms. The van der Waals surface area contributed by atoms with E-state index in [2.05, 4.69) is 35.7 Å². The molecule has 3 aromatic carbocycles. The second-order valence-electron chi connectivity index (χ2n) is 8.88. The molecule has 0 unspecified atom stereocenters. The number of nitrogens with one attached hydrogen (secondary N) is 2. The van der Waals surface area contributed by atoms with Crippen molar-refractivity contribution >= 4 is 29.7 Å². The van der Waals surface area contributed by atoms with E-state index >= 15 is 0 Å². The molecule has 0 atom stereocenters. The van der Waals surface area contributed by atoms with E-state index in [0.717, 1.165) is 42.7 Å². The molecule has 0 bridgehead atoms. The third-order valence-corrected chi connectivity index (χ3v) is 6.10. The van der Waals surface area contributed by atoms with Crippen LogP contribution in [0, 0.1) is 0 Å². The first kappa shape index (κ1) is 25.0. The molecule has 0 radical (unpaired) electrons. The van der Waals surface area contributed by atoms with Crippen LogP contribution in [-0.4, -0.2) is 41.4 Å². The van der Waals surface area contributed by atoms with Crippen molar-refractivity contribution in [2.75, 3.05) is 35.8 Å². The monoisotopic (exact) mass is 509 g/mol. The van der Waals surface area contributed by atoms with E-state index in [1.165, 1.54) is 6.42 Å². The van der Waals surface area contributed by atoms with E-state index in [-0.39, 0.29) is 0 Å². The van der Waals surface area contributed by atoms with E-state index in [9.17, 15) is 0 Å². The van der Waals surface area contributed by atoms with E-state index in [1.807, 2.05) is 78.9 Å². The summed E-state index contributed by atoms with van der Waals surface area (Å²) in [6, 6.07) is 25.5. The molecule has 9 nitrogen and oxygen atoms in total. The number of methoxy groups -OCH3 is 1. The molecule has 1 aromatic heterocycles. The fourth-order valence-electron chi connectivity index (χ4n) is 4.14. The lowest BCUT2D eigenvalue weighted by molar-refractivity contribution is 0.284. The van der Waals surface area contributed by atoms with E-state index in [0.29, 0.717) is 36.0 Å². The van der Waals surface area contributed by atoms with Crippen LogP contribution in [0.15, 0.2) is 84.0 Å². The van der Waals surface area contributed by atoms with Crippen LogP contribution in [0.4, 0.5) is 23.5 Å². The maximum atomic E-state index is 5.95. The number of aromatic nitrogens is 3. The number of piperidine rings is 1. The minimum absolute atomic E-state index is 0.366. The van der Waals surface area contributed by atoms with Gasteiger partial charge in [-0.1, -0.05) is 48.5 Å². The molecule has 1 saturated heterocycles. The van der Waals surface area contributed by atoms with Crippen LogP contribution >= 0.6 is 0 Å². The first-order chi connectivity index (χ1) is 18.8. The smallest absolute Gasteiger partial charge is 0.250 e. The third kappa shape index (κ3) is 6.76. The summed E-state index contributed by atoms with van der Waals surface area (Å²) in [6.45, 7) is 2.32. The predicted octanol–water partition coefficient (Wildman–Crippen LogP) is 5.64. The van der Waals surface area contributed by atoms with Crippen molar-refractivity contribution in [3.8, 4) is 11.5 Å². The Morgan fingerprint density at radius 3 is 2.34 bits per heavy atom. The number of rotatable bonds is 10. The van der Waals surface area contributed by atoms with Gasteiger partial charge in [-0.15, -0.1) is 0 Å². The van der Waals surface area contributed by atoms with Gasteiger partial charge in [-0.3, -0.25) is 0 Å². The standard InChI is InChI=1S/C29H31N7O2/c1-37-26-19-23(15-16-25(26)38-21-22-11-5-2-6-12-22)20-30-35-28-32-27(31-24-13-7-3-8-14-24)33-29(34-28)36-17-9-4-10-18-36/h2-3,5-8,11-16,19-20H,4,9-10,17-18,21H2,1H3,(H2,31,32,33,34,35)/b30-20+. The molecule has 2 N–H and O–H groups in total. The lowest BCUT2D eigenvalue weighted by Crippen LogP contribution is -2.31. The van der Waals surface area contributed by atoms with Crippen molar-refractivity contribution in [1.82, 2.24) is 15.0 Å². The van der Waals surface area contributed by atoms with Crippen molar-refractivity contribution in [2.24, 2.45) is 5.10 Å². The van der Waals surface area contributed by atoms with Gasteiger partial charge >= 0.3 is 0 Å². The Hall–Kier alpha value is -4.66. The summed E-state index contributed by atoms with van der Waals surface area (Å²) in [5.41, 5.74) is 5.80. The number of ether oxygens (including phenoxy) is 2. The average Bonchev–Trinajstić information content (AvgIpc) is 2.98. The first-order valence-electron chi connectivity index (χ1n) is 12.7. The van der Waals surface area contributed by atoms with Crippen LogP contribution in [0.5, 0.6) is 11.5 Å². The van der Waals surface area contributed by atoms with Gasteiger partial charge in [-0.05, 0) is 60.7 Å². The molecular formula is C29H31N7O2. The van der Waals surface area contributed by atoms with Gasteiger partial charge in [0.25, 0.3) is 0 Å². The van der Waals surface area contributed by atoms with Gasteiger partial charge in [0.05, 0.1) is 13.3 Å². The highest BCUT2D eigenvalue weighted by molar-refractivity contribution is 5.81. The highest BCUT2D eigenvalue weighted by atomic mass is 16.5. The molecule has 1 fully saturated rings. The fourth-order valence-corrected chi connectivity index (χ4v) is 4.14. The molecule has 194 valence electrons. The van der Waals surface area contributed by atoms with Gasteiger partial charge in [0.1, 0.15) is 6.61 Å². The second kappa shape index (κ2) is 12.5. The molecule has 0 aliphatic carbocycles. The van der Waals surface area contributed by atoms with Crippen LogP contribution in [0.1, 0.15) is 30.4 Å². The number of benzene rings is 3. The molecule has 5 rings (SSSR count). The Balaban J connectivity index is 1.29. The Kier molecular flexibility index (Phi) is 8.25. The Morgan fingerprint density at radius 2 is 1.58 bits per heavy atom. The van der Waals surface area contributed by atoms with Crippen molar-refractivity contribution in [3.63, 3.8) is 0 Å². The molecular weight excluding hydrogens is 478 g/mol. The normalized spacial score (nSPS) is 13.3. The maximum absolute atomic E-state index is 5.95. The predicted molar refractivity (Wildman–Crippen MR) is 151 cm³/mol. The van der Waals surface area contributed by atoms with Crippen LogP contribution < -0.4 is 25.1 Å². The number of hydrogen-bond acceptors (Lipinski definition) is 9. The van der Waals surface area contributed by atoms with Crippen molar-refractivity contribution in [2.45, 2.75) is 25.9 Å². The number of anilines is 4. The second-order valence-corrected chi connectivity index (χ2v) is 8.88. The van der Waals surface area contributed by atoms with Gasteiger partial charge in [0.2, 0.25) is 17.8 Å². The lowest BCUT2D eigenvalue weighted by atomic mass is 10.1. The largest absolute Gasteiger partial charge is 0.493 e. The quantitative estimate of drug-likeness (QED) is 0.209. The third-order valence-electron chi connectivity index (χ3n) is 6.10. The van der Waals surface area contributed by atoms with Crippen LogP contribution in [-0.2, 0) is 6.61 Å². The average molecular weight is 510 g/mol. The van der Waals surface area contributed by atoms with Gasteiger partial charge in [0, 0.05) is 18.8 Å². The molecule has 38 heavy (non-hydrogen) atoms. The minimum atomic E-state index is 0.366. The zero-order valence-corrected chi connectivity index (χ0v) is 21.4. The number of para-hydroxylation sites is 1. The lowest BCUT2D eigenvalue weighted by Gasteiger charge is -2.26. The van der Waals surface area contributed by atoms with Gasteiger partial charge in [-0.2, -0.15) is 20.1 Å². The van der Waals surface area contributed by atoms with Crippen molar-refractivity contribution in [1.29, 1.82) is 0 Å². The highest BCUT2D eigenvalue weighted by Gasteiger charge is 2.16. The van der Waals surface area contributed by atoms with E-state index in [1.54, 1.807) is 13.3 Å². The van der Waals surface area contributed by atoms with Gasteiger partial charge in [0.15, 0.2) is 11.5 Å². The molecule has 0 saturated carbocycles. The summed E-state index contributed by atoms with van der Waals surface area (Å²) in [6.07, 6.45) is 5.17. The molecule has 1 aliphatic heterocycles. The number of nitrogens with zero attached hydrogens (tertiary/aromatic N) is 5. The number of hydrazone groups is 1. The van der Waals surface area contributed by atoms with Crippen LogP contribution in [0.2, 0.25) is 0 Å². The van der Waals surface area contributed by atoms with Crippen LogP contribution in [0.25, 0.3) is 0 Å². The maximum Gasteiger partial charge on any atom is 0.250 e. The number of hydrogen-bond donors (Lipinski definition) is 2. The summed E-state index contributed by atoms with van der Waals surface area (Å²) in [7, 11) is 1.62. The summed E-state index contributed by atoms with van der Waals surface area (Å²) in [5.74, 6) is 2.77. The summed E-state index contributed by atoms with van der Waals surface area (Å²) >= 11 is 0. The minimum Gasteiger partial charge on any atom is -0.493 e. The van der Waals surface area contributed by atoms with Crippen molar-refractivity contribution in [3.05, 3.63) is 90.0 Å². The first-order valence-corrected chi connectivity index (χ1v) is 12.7. The van der Waals surface area contributed by atoms with Gasteiger partial charge < -0.3 is 19.7 Å². The molecule has 0 spiro atoms. The van der Waals surface area contributed by atoms with Crippen molar-refractivity contribution < 1.29 is 9.47 Å². The van der Waals surface area contributed by atoms with E-state index in [4.69, 9.17) is 9.47 Å². The Bertz CT molecular complexity index is 1340. The summed E-state index contributed by atoms with van der Waals surface area (Å²) < 4.78 is 11.5. The molecule has 0 amide bonds. The summed E-state index contributed by atoms with van der Waals surface area (Å²) in [5, 5.41) is 7.64. The topological polar surface area (TPSA) is 96.8 Å². The zero-order chi connectivity index (χ0) is 26.0. The van der Waals surface area contributed by atoms with Crippen LogP contribution in [0.3, 0.4) is 0 Å². The molecule has 2 heterocycles. The molecule has 4 aromatic rings. The fraction of sp³-hybridized carbons (Fsp3) is 0.241. The molecule has 1 aliphatic rings. The zero-order valence-electron chi connectivity index (χ0n) is 21.4. The van der Waals surface area contributed by atoms with E-state index < -0.39 is 0 Å². The van der Waals surface area contributed by atoms with Gasteiger partial charge in [-0.25, -0.2) is 5.43 Å². The SMILES string of the molecule is COc1cc(/C=N/Nc2nc(Nc3ccccc3)nc(N3CCCCC3)n2)ccc1OCc1ccccc1. The highest BCUT2D eigenvalue weighted by Crippen LogP contribution is 2.28. The summed E-state index contributed by atoms with van der Waals surface area (Å²) in [4.78, 5) is 16.0. The Morgan fingerprint density at radius 1 is 0.842 bits per heavy atom.